The fourth-order valence-corrected chi connectivity index (χ4v) is 1.79. The molecular weight excluding hydrogens is 276 g/mol. The Hall–Kier alpha value is -1.74. The van der Waals surface area contributed by atoms with Gasteiger partial charge in [-0.05, 0) is 29.0 Å². The lowest BCUT2D eigenvalue weighted by molar-refractivity contribution is 1.17. The zero-order valence-corrected chi connectivity index (χ0v) is 10.7. The second-order valence-electron chi connectivity index (χ2n) is 3.40. The Morgan fingerprint density at radius 3 is 2.06 bits per heavy atom. The standard InChI is InChI=1S/C10H7Br.C4H4N2/c11-10-6-5-8-3-1-2-4-9(8)7-10;1-2-5-4-6-3-1/h1-7H;1-4H. The minimum absolute atomic E-state index is 1.14. The second-order valence-corrected chi connectivity index (χ2v) is 4.31. The van der Waals surface area contributed by atoms with Crippen LogP contribution in [0.3, 0.4) is 0 Å². The highest BCUT2D eigenvalue weighted by Crippen LogP contribution is 2.18. The van der Waals surface area contributed by atoms with Crippen LogP contribution in [0.15, 0.2) is 71.7 Å². The number of aromatic nitrogens is 2. The lowest BCUT2D eigenvalue weighted by Gasteiger charge is -1.95. The van der Waals surface area contributed by atoms with Crippen molar-refractivity contribution in [2.24, 2.45) is 0 Å². The van der Waals surface area contributed by atoms with Crippen molar-refractivity contribution in [1.29, 1.82) is 0 Å². The van der Waals surface area contributed by atoms with Gasteiger partial charge in [0.05, 0.1) is 0 Å². The van der Waals surface area contributed by atoms with Crippen LogP contribution in [0.4, 0.5) is 0 Å². The molecule has 84 valence electrons. The largest absolute Gasteiger partial charge is 0.245 e. The number of hydrogen-bond donors (Lipinski definition) is 0. The molecule has 0 aliphatic heterocycles. The van der Waals surface area contributed by atoms with Crippen LogP contribution in [-0.2, 0) is 0 Å². The van der Waals surface area contributed by atoms with Crippen LogP contribution in [0.5, 0.6) is 0 Å². The van der Waals surface area contributed by atoms with E-state index in [1.807, 2.05) is 0 Å². The monoisotopic (exact) mass is 286 g/mol. The van der Waals surface area contributed by atoms with Gasteiger partial charge in [-0.2, -0.15) is 0 Å². The van der Waals surface area contributed by atoms with E-state index in [0.29, 0.717) is 0 Å². The molecule has 3 rings (SSSR count). The third-order valence-electron chi connectivity index (χ3n) is 2.19. The molecule has 0 aliphatic carbocycles. The molecule has 3 aromatic rings. The summed E-state index contributed by atoms with van der Waals surface area (Å²) in [5.74, 6) is 0. The highest BCUT2D eigenvalue weighted by Gasteiger charge is 1.90. The van der Waals surface area contributed by atoms with Crippen LogP contribution in [0.1, 0.15) is 0 Å². The Labute approximate surface area is 108 Å². The maximum Gasteiger partial charge on any atom is 0.115 e. The molecular formula is C14H11BrN2. The van der Waals surface area contributed by atoms with Crippen molar-refractivity contribution in [3.05, 3.63) is 71.7 Å². The van der Waals surface area contributed by atoms with E-state index in [-0.39, 0.29) is 0 Å². The average molecular weight is 287 g/mol. The highest BCUT2D eigenvalue weighted by atomic mass is 79.9. The summed E-state index contributed by atoms with van der Waals surface area (Å²) in [5, 5.41) is 2.57. The van der Waals surface area contributed by atoms with Crippen LogP contribution in [-0.4, -0.2) is 9.97 Å². The molecule has 0 N–H and O–H groups in total. The van der Waals surface area contributed by atoms with Gasteiger partial charge in [-0.1, -0.05) is 46.3 Å². The Morgan fingerprint density at radius 2 is 1.47 bits per heavy atom. The molecule has 0 unspecified atom stereocenters. The van der Waals surface area contributed by atoms with E-state index in [9.17, 15) is 0 Å². The molecule has 2 aromatic carbocycles. The Kier molecular flexibility index (Phi) is 4.22. The van der Waals surface area contributed by atoms with Crippen LogP contribution in [0.2, 0.25) is 0 Å². The van der Waals surface area contributed by atoms with Gasteiger partial charge in [0.1, 0.15) is 6.33 Å². The molecule has 0 radical (unpaired) electrons. The van der Waals surface area contributed by atoms with Crippen molar-refractivity contribution in [3.8, 4) is 0 Å². The van der Waals surface area contributed by atoms with Gasteiger partial charge in [0.25, 0.3) is 0 Å². The first-order valence-electron chi connectivity index (χ1n) is 5.20. The van der Waals surface area contributed by atoms with Crippen molar-refractivity contribution >= 4 is 26.7 Å². The predicted octanol–water partition coefficient (Wildman–Crippen LogP) is 4.08. The fourth-order valence-electron chi connectivity index (χ4n) is 1.41. The number of hydrogen-bond acceptors (Lipinski definition) is 2. The van der Waals surface area contributed by atoms with Crippen LogP contribution >= 0.6 is 15.9 Å². The third kappa shape index (κ3) is 3.64. The van der Waals surface area contributed by atoms with Crippen molar-refractivity contribution in [1.82, 2.24) is 9.97 Å². The van der Waals surface area contributed by atoms with Gasteiger partial charge in [-0.25, -0.2) is 9.97 Å². The van der Waals surface area contributed by atoms with E-state index in [1.54, 1.807) is 18.5 Å². The summed E-state index contributed by atoms with van der Waals surface area (Å²) in [4.78, 5) is 7.35. The Balaban J connectivity index is 0.000000153. The van der Waals surface area contributed by atoms with Gasteiger partial charge >= 0.3 is 0 Å². The van der Waals surface area contributed by atoms with E-state index in [2.05, 4.69) is 68.4 Å². The first-order chi connectivity index (χ1) is 8.36. The van der Waals surface area contributed by atoms with Crippen LogP contribution in [0.25, 0.3) is 10.8 Å². The van der Waals surface area contributed by atoms with Gasteiger partial charge in [0.2, 0.25) is 0 Å². The number of fused-ring (bicyclic) bond motifs is 1. The van der Waals surface area contributed by atoms with Crippen molar-refractivity contribution < 1.29 is 0 Å². The summed E-state index contributed by atoms with van der Waals surface area (Å²) in [6.45, 7) is 0. The second kappa shape index (κ2) is 6.11. The minimum Gasteiger partial charge on any atom is -0.245 e. The topological polar surface area (TPSA) is 25.8 Å². The summed E-state index contributed by atoms with van der Waals surface area (Å²) < 4.78 is 1.14. The quantitative estimate of drug-likeness (QED) is 0.622. The Bertz CT molecular complexity index is 555. The third-order valence-corrected chi connectivity index (χ3v) is 2.68. The molecule has 0 amide bonds. The molecule has 2 nitrogen and oxygen atoms in total. The van der Waals surface area contributed by atoms with E-state index in [0.717, 1.165) is 4.47 Å². The SMILES string of the molecule is Brc1ccc2ccccc2c1.c1cncnc1. The summed E-state index contributed by atoms with van der Waals surface area (Å²) in [7, 11) is 0. The lowest BCUT2D eigenvalue weighted by atomic mass is 10.1. The molecule has 1 heterocycles. The molecule has 0 fully saturated rings. The van der Waals surface area contributed by atoms with Gasteiger partial charge in [-0.15, -0.1) is 0 Å². The zero-order valence-electron chi connectivity index (χ0n) is 9.12. The van der Waals surface area contributed by atoms with Crippen LogP contribution in [0, 0.1) is 0 Å². The number of benzene rings is 2. The minimum atomic E-state index is 1.14. The predicted molar refractivity (Wildman–Crippen MR) is 73.7 cm³/mol. The summed E-state index contributed by atoms with van der Waals surface area (Å²) in [5.41, 5.74) is 0. The van der Waals surface area contributed by atoms with Gasteiger partial charge in [0, 0.05) is 16.9 Å². The van der Waals surface area contributed by atoms with E-state index < -0.39 is 0 Å². The summed E-state index contributed by atoms with van der Waals surface area (Å²) >= 11 is 3.43. The summed E-state index contributed by atoms with van der Waals surface area (Å²) in [6, 6.07) is 16.4. The smallest absolute Gasteiger partial charge is 0.115 e. The van der Waals surface area contributed by atoms with Gasteiger partial charge in [0.15, 0.2) is 0 Å². The molecule has 3 heteroatoms. The highest BCUT2D eigenvalue weighted by molar-refractivity contribution is 9.10. The van der Waals surface area contributed by atoms with E-state index >= 15 is 0 Å². The van der Waals surface area contributed by atoms with Gasteiger partial charge < -0.3 is 0 Å². The molecule has 0 saturated carbocycles. The number of nitrogens with zero attached hydrogens (tertiary/aromatic N) is 2. The molecule has 0 bridgehead atoms. The van der Waals surface area contributed by atoms with Crippen LogP contribution < -0.4 is 0 Å². The molecule has 0 saturated heterocycles. The molecule has 1 aromatic heterocycles. The first kappa shape index (κ1) is 11.7. The lowest BCUT2D eigenvalue weighted by Crippen LogP contribution is -1.69. The zero-order chi connectivity index (χ0) is 11.9. The average Bonchev–Trinajstić information content (AvgIpc) is 2.41. The molecule has 0 spiro atoms. The molecule has 0 atom stereocenters. The maximum absolute atomic E-state index is 3.67. The number of rotatable bonds is 0. The van der Waals surface area contributed by atoms with E-state index in [4.69, 9.17) is 0 Å². The van der Waals surface area contributed by atoms with Crippen molar-refractivity contribution in [2.75, 3.05) is 0 Å². The first-order valence-corrected chi connectivity index (χ1v) is 6.00. The fraction of sp³-hybridized carbons (Fsp3) is 0. The summed E-state index contributed by atoms with van der Waals surface area (Å²) in [6.07, 6.45) is 4.88. The number of halogens is 1. The molecule has 0 aliphatic rings. The van der Waals surface area contributed by atoms with Gasteiger partial charge in [-0.3, -0.25) is 0 Å². The normalized spacial score (nSPS) is 9.47. The Morgan fingerprint density at radius 1 is 0.765 bits per heavy atom. The van der Waals surface area contributed by atoms with E-state index in [1.165, 1.54) is 17.1 Å². The molecule has 17 heavy (non-hydrogen) atoms. The maximum atomic E-state index is 3.67. The van der Waals surface area contributed by atoms with Crippen molar-refractivity contribution in [3.63, 3.8) is 0 Å². The van der Waals surface area contributed by atoms with Crippen molar-refractivity contribution in [2.45, 2.75) is 0 Å².